The highest BCUT2D eigenvalue weighted by Crippen LogP contribution is 2.29. The molecule has 4 nitrogen and oxygen atoms in total. The second kappa shape index (κ2) is 5.21. The third kappa shape index (κ3) is 2.49. The van der Waals surface area contributed by atoms with Crippen LogP contribution in [-0.4, -0.2) is 17.0 Å². The van der Waals surface area contributed by atoms with Crippen LogP contribution in [-0.2, 0) is 0 Å². The lowest BCUT2D eigenvalue weighted by Gasteiger charge is -2.09. The van der Waals surface area contributed by atoms with Crippen LogP contribution in [0.5, 0.6) is 0 Å². The van der Waals surface area contributed by atoms with Crippen molar-refractivity contribution in [2.75, 3.05) is 17.7 Å². The molecule has 0 aliphatic rings. The molecule has 2 heterocycles. The molecule has 0 atom stereocenters. The fourth-order valence-corrected chi connectivity index (χ4v) is 2.59. The molecule has 8 heteroatoms. The molecule has 2 aromatic heterocycles. The first-order valence-electron chi connectivity index (χ1n) is 5.93. The van der Waals surface area contributed by atoms with Crippen molar-refractivity contribution in [1.82, 2.24) is 9.97 Å². The van der Waals surface area contributed by atoms with Gasteiger partial charge in [0.2, 0.25) is 5.95 Å². The first-order chi connectivity index (χ1) is 10.1. The van der Waals surface area contributed by atoms with Crippen LogP contribution >= 0.6 is 11.3 Å². The summed E-state index contributed by atoms with van der Waals surface area (Å²) in [6.07, 6.45) is 0. The number of benzene rings is 1. The second-order valence-corrected chi connectivity index (χ2v) is 5.06. The van der Waals surface area contributed by atoms with Crippen molar-refractivity contribution in [1.29, 1.82) is 0 Å². The average molecular weight is 310 g/mol. The summed E-state index contributed by atoms with van der Waals surface area (Å²) in [6.45, 7) is 0. The van der Waals surface area contributed by atoms with Crippen molar-refractivity contribution in [3.8, 4) is 0 Å². The van der Waals surface area contributed by atoms with Crippen molar-refractivity contribution in [2.24, 2.45) is 0 Å². The van der Waals surface area contributed by atoms with Crippen LogP contribution < -0.4 is 10.6 Å². The Balaban J connectivity index is 2.07. The Morgan fingerprint density at radius 1 is 1.10 bits per heavy atom. The normalized spacial score (nSPS) is 10.9. The van der Waals surface area contributed by atoms with Crippen LogP contribution in [0.3, 0.4) is 0 Å². The molecule has 0 radical (unpaired) electrons. The number of aromatic nitrogens is 2. The molecule has 108 valence electrons. The number of halogens is 3. The molecule has 0 spiro atoms. The lowest BCUT2D eigenvalue weighted by atomic mass is 10.2. The molecule has 0 saturated heterocycles. The van der Waals surface area contributed by atoms with Gasteiger partial charge >= 0.3 is 0 Å². The molecule has 2 N–H and O–H groups in total. The maximum Gasteiger partial charge on any atom is 0.225 e. The zero-order valence-corrected chi connectivity index (χ0v) is 11.6. The quantitative estimate of drug-likeness (QED) is 0.721. The first kappa shape index (κ1) is 13.6. The minimum Gasteiger partial charge on any atom is -0.357 e. The first-order valence-corrected chi connectivity index (χ1v) is 6.81. The van der Waals surface area contributed by atoms with Crippen LogP contribution in [0.25, 0.3) is 10.2 Å². The van der Waals surface area contributed by atoms with Gasteiger partial charge in [0, 0.05) is 24.9 Å². The third-order valence-corrected chi connectivity index (χ3v) is 3.60. The molecule has 3 aromatic rings. The average Bonchev–Trinajstić information content (AvgIpc) is 2.93. The van der Waals surface area contributed by atoms with E-state index in [9.17, 15) is 13.2 Å². The lowest BCUT2D eigenvalue weighted by Crippen LogP contribution is -2.02. The molecule has 0 bridgehead atoms. The van der Waals surface area contributed by atoms with Gasteiger partial charge in [0.25, 0.3) is 0 Å². The number of anilines is 3. The van der Waals surface area contributed by atoms with Gasteiger partial charge in [-0.05, 0) is 11.4 Å². The Morgan fingerprint density at radius 3 is 2.48 bits per heavy atom. The van der Waals surface area contributed by atoms with Crippen LogP contribution in [0, 0.1) is 17.5 Å². The molecule has 0 aliphatic carbocycles. The molecule has 21 heavy (non-hydrogen) atoms. The van der Waals surface area contributed by atoms with Crippen LogP contribution in [0.1, 0.15) is 0 Å². The number of rotatable bonds is 3. The Labute approximate surface area is 121 Å². The van der Waals surface area contributed by atoms with Gasteiger partial charge in [0.05, 0.1) is 5.39 Å². The van der Waals surface area contributed by atoms with Crippen LogP contribution in [0.15, 0.2) is 23.6 Å². The van der Waals surface area contributed by atoms with Gasteiger partial charge in [-0.15, -0.1) is 11.3 Å². The maximum absolute atomic E-state index is 13.2. The predicted octanol–water partition coefficient (Wildman–Crippen LogP) is 3.89. The van der Waals surface area contributed by atoms with E-state index in [0.29, 0.717) is 17.2 Å². The highest BCUT2D eigenvalue weighted by atomic mass is 32.1. The van der Waals surface area contributed by atoms with E-state index < -0.39 is 17.5 Å². The Kier molecular flexibility index (Phi) is 3.38. The van der Waals surface area contributed by atoms with Gasteiger partial charge in [-0.2, -0.15) is 4.98 Å². The van der Waals surface area contributed by atoms with Crippen molar-refractivity contribution in [3.63, 3.8) is 0 Å². The minimum atomic E-state index is -1.50. The van der Waals surface area contributed by atoms with E-state index in [1.807, 2.05) is 5.38 Å². The molecule has 1 aromatic carbocycles. The monoisotopic (exact) mass is 310 g/mol. The molecule has 0 aliphatic heterocycles. The predicted molar refractivity (Wildman–Crippen MR) is 76.6 cm³/mol. The van der Waals surface area contributed by atoms with E-state index in [1.165, 1.54) is 11.3 Å². The van der Waals surface area contributed by atoms with E-state index in [2.05, 4.69) is 20.6 Å². The van der Waals surface area contributed by atoms with Gasteiger partial charge in [-0.1, -0.05) is 0 Å². The van der Waals surface area contributed by atoms with Crippen LogP contribution in [0.4, 0.5) is 30.6 Å². The van der Waals surface area contributed by atoms with E-state index >= 15 is 0 Å². The summed E-state index contributed by atoms with van der Waals surface area (Å²) < 4.78 is 39.4. The van der Waals surface area contributed by atoms with Crippen molar-refractivity contribution in [3.05, 3.63) is 41.0 Å². The molecule has 0 fully saturated rings. The smallest absolute Gasteiger partial charge is 0.225 e. The summed E-state index contributed by atoms with van der Waals surface area (Å²) in [4.78, 5) is 9.18. The highest BCUT2D eigenvalue weighted by Gasteiger charge is 2.13. The maximum atomic E-state index is 13.2. The zero-order chi connectivity index (χ0) is 15.0. The van der Waals surface area contributed by atoms with Crippen molar-refractivity contribution in [2.45, 2.75) is 0 Å². The minimum absolute atomic E-state index is 0.0691. The Hall–Kier alpha value is -2.35. The number of nitrogens with one attached hydrogen (secondary N) is 2. The lowest BCUT2D eigenvalue weighted by molar-refractivity contribution is 0.448. The molecule has 0 saturated carbocycles. The molecule has 0 amide bonds. The fourth-order valence-electron chi connectivity index (χ4n) is 1.83. The van der Waals surface area contributed by atoms with Crippen molar-refractivity contribution >= 4 is 39.0 Å². The van der Waals surface area contributed by atoms with Crippen molar-refractivity contribution < 1.29 is 13.2 Å². The SMILES string of the molecule is CNc1nc(Nc2cc(F)c(F)c(F)c2)c2ccsc2n1. The van der Waals surface area contributed by atoms with E-state index in [4.69, 9.17) is 0 Å². The summed E-state index contributed by atoms with van der Waals surface area (Å²) in [6, 6.07) is 3.54. The number of thiophene rings is 1. The van der Waals surface area contributed by atoms with Gasteiger partial charge in [-0.25, -0.2) is 18.2 Å². The van der Waals surface area contributed by atoms with E-state index in [1.54, 1.807) is 13.1 Å². The standard InChI is InChI=1S/C13H9F3N4S/c1-17-13-19-11(7-2-3-21-12(7)20-13)18-6-4-8(14)10(16)9(15)5-6/h2-5H,1H3,(H2,17,18,19,20). The molecule has 0 unspecified atom stereocenters. The summed E-state index contributed by atoms with van der Waals surface area (Å²) in [5.74, 6) is -3.27. The topological polar surface area (TPSA) is 49.8 Å². The summed E-state index contributed by atoms with van der Waals surface area (Å²) in [5, 5.41) is 8.13. The number of nitrogens with zero attached hydrogens (tertiary/aromatic N) is 2. The van der Waals surface area contributed by atoms with Gasteiger partial charge < -0.3 is 10.6 Å². The summed E-state index contributed by atoms with van der Waals surface area (Å²) in [7, 11) is 1.66. The zero-order valence-electron chi connectivity index (χ0n) is 10.7. The number of hydrogen-bond acceptors (Lipinski definition) is 5. The molecular formula is C13H9F3N4S. The summed E-state index contributed by atoms with van der Waals surface area (Å²) in [5.41, 5.74) is 0.0691. The molecule has 3 rings (SSSR count). The Morgan fingerprint density at radius 2 is 1.81 bits per heavy atom. The third-order valence-electron chi connectivity index (χ3n) is 2.80. The Bertz CT molecular complexity index is 795. The number of fused-ring (bicyclic) bond motifs is 1. The highest BCUT2D eigenvalue weighted by molar-refractivity contribution is 7.16. The van der Waals surface area contributed by atoms with Gasteiger partial charge in [-0.3, -0.25) is 0 Å². The van der Waals surface area contributed by atoms with E-state index in [-0.39, 0.29) is 5.69 Å². The largest absolute Gasteiger partial charge is 0.357 e. The van der Waals surface area contributed by atoms with Gasteiger partial charge in [0.1, 0.15) is 10.6 Å². The molecular weight excluding hydrogens is 301 g/mol. The van der Waals surface area contributed by atoms with E-state index in [0.717, 1.165) is 17.0 Å². The fraction of sp³-hybridized carbons (Fsp3) is 0.0769. The number of hydrogen-bond donors (Lipinski definition) is 2. The second-order valence-electron chi connectivity index (χ2n) is 4.16. The van der Waals surface area contributed by atoms with Gasteiger partial charge in [0.15, 0.2) is 17.5 Å². The summed E-state index contributed by atoms with van der Waals surface area (Å²) >= 11 is 1.41. The van der Waals surface area contributed by atoms with Crippen LogP contribution in [0.2, 0.25) is 0 Å².